The van der Waals surface area contributed by atoms with Crippen LogP contribution in [0.3, 0.4) is 0 Å². The molecule has 4 heteroatoms. The minimum absolute atomic E-state index is 0.0813. The van der Waals surface area contributed by atoms with Crippen molar-refractivity contribution in [2.45, 2.75) is 13.3 Å². The maximum absolute atomic E-state index is 10.2. The van der Waals surface area contributed by atoms with E-state index in [2.05, 4.69) is 13.2 Å². The number of aliphatic hydroxyl groups is 1. The lowest BCUT2D eigenvalue weighted by Gasteiger charge is -2.05. The fourth-order valence-electron chi connectivity index (χ4n) is 0.535. The molecule has 0 amide bonds. The van der Waals surface area contributed by atoms with Gasteiger partial charge < -0.3 is 15.9 Å². The molecule has 3 N–H and O–H groups in total. The largest absolute Gasteiger partial charge is 0.628 e. The van der Waals surface area contributed by atoms with E-state index in [1.807, 2.05) is 0 Å². The van der Waals surface area contributed by atoms with E-state index in [-0.39, 0.29) is 5.70 Å². The van der Waals surface area contributed by atoms with Crippen LogP contribution >= 0.6 is 0 Å². The van der Waals surface area contributed by atoms with Crippen LogP contribution in [0.4, 0.5) is 0 Å². The predicted octanol–water partition coefficient (Wildman–Crippen LogP) is -0.309. The highest BCUT2D eigenvalue weighted by Gasteiger charge is 2.07. The molecule has 0 saturated carbocycles. The second-order valence-electron chi connectivity index (χ2n) is 2.35. The highest BCUT2D eigenvalue weighted by atomic mass is 32.2. The van der Waals surface area contributed by atoms with E-state index in [9.17, 15) is 5.11 Å². The Kier molecular flexibility index (Phi) is 4.94. The lowest BCUT2D eigenvalue weighted by Crippen LogP contribution is -2.16. The zero-order valence-electron chi connectivity index (χ0n) is 6.96. The van der Waals surface area contributed by atoms with Gasteiger partial charge in [0, 0.05) is 12.1 Å². The quantitative estimate of drug-likeness (QED) is 0.457. The van der Waals surface area contributed by atoms with Crippen LogP contribution in [0.5, 0.6) is 0 Å². The molecule has 1 atom stereocenters. The molecule has 0 radical (unpaired) electrons. The minimum Gasteiger partial charge on any atom is -0.628 e. The number of aliphatic hydroxyl groups excluding tert-OH is 1. The maximum atomic E-state index is 10.2. The van der Waals surface area contributed by atoms with Gasteiger partial charge in [-0.2, -0.15) is 0 Å². The summed E-state index contributed by atoms with van der Waals surface area (Å²) in [7, 11) is 0.322. The van der Waals surface area contributed by atoms with Crippen molar-refractivity contribution in [3.8, 4) is 0 Å². The Labute approximate surface area is 70.3 Å². The van der Waals surface area contributed by atoms with Gasteiger partial charge in [-0.05, 0) is 17.8 Å². The van der Waals surface area contributed by atoms with Gasteiger partial charge in [0.05, 0.1) is 12.2 Å². The smallest absolute Gasteiger partial charge is 0.113 e. The van der Waals surface area contributed by atoms with E-state index in [0.717, 1.165) is 11.5 Å². The van der Waals surface area contributed by atoms with E-state index < -0.39 is 5.95 Å². The van der Waals surface area contributed by atoms with Crippen molar-refractivity contribution < 1.29 is 10.2 Å². The molecular weight excluding hydrogens is 162 g/mol. The average molecular weight is 177 g/mol. The van der Waals surface area contributed by atoms with Crippen LogP contribution in [-0.2, 0) is 10.9 Å². The second-order valence-corrected chi connectivity index (χ2v) is 4.90. The first-order chi connectivity index (χ1) is 5.07. The van der Waals surface area contributed by atoms with Crippen LogP contribution in [0.2, 0.25) is 0 Å². The molecule has 66 valence electrons. The molecule has 0 aromatic carbocycles. The van der Waals surface area contributed by atoms with E-state index in [4.69, 9.17) is 10.8 Å². The molecule has 0 fully saturated rings. The molecule has 0 aliphatic heterocycles. The van der Waals surface area contributed by atoms with Gasteiger partial charge in [0.15, 0.2) is 0 Å². The SMILES string of the molecule is CC[S+](C)CC/C(N)=C(/[O-])O. The van der Waals surface area contributed by atoms with Gasteiger partial charge >= 0.3 is 0 Å². The molecule has 0 saturated heterocycles. The van der Waals surface area contributed by atoms with Gasteiger partial charge in [-0.1, -0.05) is 0 Å². The van der Waals surface area contributed by atoms with Crippen molar-refractivity contribution in [2.75, 3.05) is 17.8 Å². The Hall–Kier alpha value is -0.510. The molecule has 0 bridgehead atoms. The van der Waals surface area contributed by atoms with Gasteiger partial charge in [0.1, 0.15) is 11.5 Å². The van der Waals surface area contributed by atoms with E-state index in [1.165, 1.54) is 0 Å². The zero-order valence-corrected chi connectivity index (χ0v) is 7.78. The fraction of sp³-hybridized carbons (Fsp3) is 0.714. The van der Waals surface area contributed by atoms with Crippen LogP contribution in [-0.4, -0.2) is 22.9 Å². The highest BCUT2D eigenvalue weighted by Crippen LogP contribution is 2.00. The van der Waals surface area contributed by atoms with E-state index in [0.29, 0.717) is 17.3 Å². The molecule has 0 rings (SSSR count). The first-order valence-corrected chi connectivity index (χ1v) is 5.48. The van der Waals surface area contributed by atoms with Crippen molar-refractivity contribution in [3.05, 3.63) is 11.6 Å². The van der Waals surface area contributed by atoms with Crippen molar-refractivity contribution in [1.29, 1.82) is 0 Å². The molecule has 1 unspecified atom stereocenters. The van der Waals surface area contributed by atoms with Crippen LogP contribution in [0, 0.1) is 0 Å². The first-order valence-electron chi connectivity index (χ1n) is 3.51. The zero-order chi connectivity index (χ0) is 8.85. The summed E-state index contributed by atoms with van der Waals surface area (Å²) in [5.74, 6) is 1.03. The second kappa shape index (κ2) is 5.18. The van der Waals surface area contributed by atoms with Crippen molar-refractivity contribution in [2.24, 2.45) is 5.73 Å². The Morgan fingerprint density at radius 1 is 1.64 bits per heavy atom. The molecule has 11 heavy (non-hydrogen) atoms. The Morgan fingerprint density at radius 3 is 2.55 bits per heavy atom. The van der Waals surface area contributed by atoms with Crippen molar-refractivity contribution >= 4 is 10.9 Å². The fourth-order valence-corrected chi connectivity index (χ4v) is 1.39. The van der Waals surface area contributed by atoms with Crippen LogP contribution < -0.4 is 10.8 Å². The number of rotatable bonds is 4. The molecular formula is C7H15NO2S. The highest BCUT2D eigenvalue weighted by molar-refractivity contribution is 7.96. The number of hydrogen-bond acceptors (Lipinski definition) is 3. The van der Waals surface area contributed by atoms with Gasteiger partial charge in [0.25, 0.3) is 0 Å². The monoisotopic (exact) mass is 177 g/mol. The molecule has 0 spiro atoms. The Balaban J connectivity index is 3.63. The minimum atomic E-state index is -0.974. The van der Waals surface area contributed by atoms with Crippen LogP contribution in [0.15, 0.2) is 11.6 Å². The third kappa shape index (κ3) is 4.84. The van der Waals surface area contributed by atoms with Gasteiger partial charge in [0.2, 0.25) is 0 Å². The molecule has 0 heterocycles. The topological polar surface area (TPSA) is 69.3 Å². The summed E-state index contributed by atoms with van der Waals surface area (Å²) in [4.78, 5) is 0. The van der Waals surface area contributed by atoms with Gasteiger partial charge in [-0.3, -0.25) is 0 Å². The number of hydrogen-bond donors (Lipinski definition) is 2. The Bertz CT molecular complexity index is 143. The summed E-state index contributed by atoms with van der Waals surface area (Å²) in [6, 6.07) is 0. The van der Waals surface area contributed by atoms with Crippen molar-refractivity contribution in [3.63, 3.8) is 0 Å². The van der Waals surface area contributed by atoms with Gasteiger partial charge in [-0.25, -0.2) is 0 Å². The third-order valence-electron chi connectivity index (χ3n) is 1.49. The first kappa shape index (κ1) is 10.5. The summed E-state index contributed by atoms with van der Waals surface area (Å²) in [5.41, 5.74) is 5.32. The molecule has 3 nitrogen and oxygen atoms in total. The van der Waals surface area contributed by atoms with Gasteiger partial charge in [-0.15, -0.1) is 0 Å². The van der Waals surface area contributed by atoms with E-state index in [1.54, 1.807) is 0 Å². The summed E-state index contributed by atoms with van der Waals surface area (Å²) in [6.45, 7) is 2.10. The summed E-state index contributed by atoms with van der Waals surface area (Å²) in [6.07, 6.45) is 2.64. The van der Waals surface area contributed by atoms with Crippen molar-refractivity contribution in [1.82, 2.24) is 0 Å². The lowest BCUT2D eigenvalue weighted by molar-refractivity contribution is -0.350. The Morgan fingerprint density at radius 2 is 2.18 bits per heavy atom. The molecule has 0 aliphatic rings. The number of allylic oxidation sites excluding steroid dienone is 1. The summed E-state index contributed by atoms with van der Waals surface area (Å²) >= 11 is 0. The molecule has 0 aromatic heterocycles. The predicted molar refractivity (Wildman–Crippen MR) is 47.2 cm³/mol. The van der Waals surface area contributed by atoms with Crippen LogP contribution in [0.1, 0.15) is 13.3 Å². The third-order valence-corrected chi connectivity index (χ3v) is 3.37. The number of nitrogens with two attached hydrogens (primary N) is 1. The maximum Gasteiger partial charge on any atom is 0.113 e. The molecule has 0 aliphatic carbocycles. The molecule has 0 aromatic rings. The van der Waals surface area contributed by atoms with E-state index >= 15 is 0 Å². The summed E-state index contributed by atoms with van der Waals surface area (Å²) in [5, 5.41) is 18.6. The van der Waals surface area contributed by atoms with Crippen LogP contribution in [0.25, 0.3) is 0 Å². The normalized spacial score (nSPS) is 15.8. The summed E-state index contributed by atoms with van der Waals surface area (Å²) < 4.78 is 0. The standard InChI is InChI=1S/C7H15NO2S/c1-3-11(2)5-4-6(8)7(9)10/h3-5,8H2,1-2H3,(H-,9,10). The average Bonchev–Trinajstić information content (AvgIpc) is 1.99. The lowest BCUT2D eigenvalue weighted by atomic mass is 10.4.